The first-order chi connectivity index (χ1) is 14.4. The van der Waals surface area contributed by atoms with Crippen molar-refractivity contribution in [2.45, 2.75) is 20.4 Å². The number of rotatable bonds is 5. The van der Waals surface area contributed by atoms with Gasteiger partial charge in [0.05, 0.1) is 32.0 Å². The molecule has 0 atom stereocenters. The number of anilines is 2. The van der Waals surface area contributed by atoms with Gasteiger partial charge in [-0.15, -0.1) is 0 Å². The van der Waals surface area contributed by atoms with Gasteiger partial charge in [0, 0.05) is 22.6 Å². The summed E-state index contributed by atoms with van der Waals surface area (Å²) in [6.07, 6.45) is 1.91. The summed E-state index contributed by atoms with van der Waals surface area (Å²) in [7, 11) is 3.20. The molecule has 0 spiro atoms. The number of H-pyrrole nitrogens is 1. The van der Waals surface area contributed by atoms with E-state index < -0.39 is 0 Å². The number of nitrogens with zero attached hydrogens (tertiary/aromatic N) is 1. The number of amides is 1. The maximum Gasteiger partial charge on any atom is 0.259 e. The minimum Gasteiger partial charge on any atom is -0.493 e. The Morgan fingerprint density at radius 3 is 2.47 bits per heavy atom. The van der Waals surface area contributed by atoms with E-state index >= 15 is 0 Å². The normalized spacial score (nSPS) is 14.3. The van der Waals surface area contributed by atoms with Crippen molar-refractivity contribution in [1.82, 2.24) is 4.98 Å². The lowest BCUT2D eigenvalue weighted by atomic mass is 10.0. The summed E-state index contributed by atoms with van der Waals surface area (Å²) >= 11 is 0. The lowest BCUT2D eigenvalue weighted by Crippen LogP contribution is -2.25. The van der Waals surface area contributed by atoms with Crippen LogP contribution in [0.5, 0.6) is 11.5 Å². The zero-order chi connectivity index (χ0) is 21.4. The van der Waals surface area contributed by atoms with Crippen LogP contribution in [0.2, 0.25) is 0 Å². The molecule has 1 aromatic heterocycles. The first kappa shape index (κ1) is 19.6. The Labute approximate surface area is 175 Å². The fourth-order valence-corrected chi connectivity index (χ4v) is 3.88. The molecule has 0 saturated heterocycles. The van der Waals surface area contributed by atoms with Gasteiger partial charge in [0.15, 0.2) is 11.5 Å². The highest BCUT2D eigenvalue weighted by molar-refractivity contribution is 6.35. The van der Waals surface area contributed by atoms with Crippen LogP contribution in [0.4, 0.5) is 11.4 Å². The third kappa shape index (κ3) is 3.41. The van der Waals surface area contributed by atoms with Crippen LogP contribution in [0.25, 0.3) is 11.6 Å². The molecule has 0 fully saturated rings. The molecular weight excluding hydrogens is 378 g/mol. The van der Waals surface area contributed by atoms with Crippen LogP contribution in [-0.4, -0.2) is 25.1 Å². The van der Waals surface area contributed by atoms with E-state index in [2.05, 4.69) is 11.1 Å². The van der Waals surface area contributed by atoms with Crippen molar-refractivity contribution in [2.24, 2.45) is 0 Å². The lowest BCUT2D eigenvalue weighted by Gasteiger charge is -2.18. The lowest BCUT2D eigenvalue weighted by molar-refractivity contribution is -0.113. The third-order valence-corrected chi connectivity index (χ3v) is 5.34. The average Bonchev–Trinajstić information content (AvgIpc) is 3.18. The second-order valence-electron chi connectivity index (χ2n) is 7.46. The topological polar surface area (TPSA) is 80.6 Å². The SMILES string of the molecule is COc1ccc(CN2C(=O)/C(=C\c3[nH]c(C)cc3C)c3cc(N)ccc32)cc1OC. The number of aryl methyl sites for hydroxylation is 2. The van der Waals surface area contributed by atoms with E-state index in [4.69, 9.17) is 15.2 Å². The Morgan fingerprint density at radius 1 is 1.03 bits per heavy atom. The summed E-state index contributed by atoms with van der Waals surface area (Å²) < 4.78 is 10.7. The van der Waals surface area contributed by atoms with Gasteiger partial charge in [-0.2, -0.15) is 0 Å². The number of ether oxygens (including phenoxy) is 2. The van der Waals surface area contributed by atoms with E-state index in [9.17, 15) is 4.79 Å². The maximum atomic E-state index is 13.4. The van der Waals surface area contributed by atoms with Gasteiger partial charge in [-0.25, -0.2) is 0 Å². The fraction of sp³-hybridized carbons (Fsp3) is 0.208. The second-order valence-corrected chi connectivity index (χ2v) is 7.46. The monoisotopic (exact) mass is 403 g/mol. The molecule has 0 saturated carbocycles. The third-order valence-electron chi connectivity index (χ3n) is 5.34. The number of nitrogen functional groups attached to an aromatic ring is 1. The molecule has 1 aliphatic rings. The van der Waals surface area contributed by atoms with Crippen LogP contribution in [0, 0.1) is 13.8 Å². The van der Waals surface area contributed by atoms with E-state index in [0.717, 1.165) is 33.8 Å². The van der Waals surface area contributed by atoms with Crippen molar-refractivity contribution in [3.63, 3.8) is 0 Å². The van der Waals surface area contributed by atoms with Crippen LogP contribution in [0.3, 0.4) is 0 Å². The predicted molar refractivity (Wildman–Crippen MR) is 120 cm³/mol. The molecule has 3 N–H and O–H groups in total. The van der Waals surface area contributed by atoms with Crippen molar-refractivity contribution in [1.29, 1.82) is 0 Å². The molecule has 2 heterocycles. The number of benzene rings is 2. The first-order valence-corrected chi connectivity index (χ1v) is 9.72. The minimum atomic E-state index is -0.0583. The van der Waals surface area contributed by atoms with Crippen LogP contribution in [0.1, 0.15) is 28.1 Å². The highest BCUT2D eigenvalue weighted by Crippen LogP contribution is 2.40. The van der Waals surface area contributed by atoms with Crippen molar-refractivity contribution >= 4 is 28.9 Å². The van der Waals surface area contributed by atoms with E-state index in [1.165, 1.54) is 0 Å². The van der Waals surface area contributed by atoms with Crippen LogP contribution in [-0.2, 0) is 11.3 Å². The summed E-state index contributed by atoms with van der Waals surface area (Å²) in [5.74, 6) is 1.23. The Morgan fingerprint density at radius 2 is 1.80 bits per heavy atom. The number of hydrogen-bond donors (Lipinski definition) is 2. The van der Waals surface area contributed by atoms with Crippen LogP contribution < -0.4 is 20.1 Å². The van der Waals surface area contributed by atoms with Gasteiger partial charge in [-0.3, -0.25) is 4.79 Å². The number of carbonyl (C=O) groups excluding carboxylic acids is 1. The standard InChI is InChI=1S/C24H25N3O3/c1-14-9-15(2)26-20(14)12-19-18-11-17(25)6-7-21(18)27(24(19)28)13-16-5-8-22(29-3)23(10-16)30-4/h5-12,26H,13,25H2,1-4H3/b19-12-. The molecule has 0 unspecified atom stereocenters. The van der Waals surface area contributed by atoms with Crippen LogP contribution >= 0.6 is 0 Å². The fourth-order valence-electron chi connectivity index (χ4n) is 3.88. The molecule has 30 heavy (non-hydrogen) atoms. The van der Waals surface area contributed by atoms with Crippen molar-refractivity contribution in [3.05, 3.63) is 70.5 Å². The molecule has 154 valence electrons. The molecule has 0 bridgehead atoms. The molecular formula is C24H25N3O3. The Bertz CT molecular complexity index is 1160. The largest absolute Gasteiger partial charge is 0.493 e. The van der Waals surface area contributed by atoms with Gasteiger partial charge in [0.25, 0.3) is 5.91 Å². The molecule has 2 aromatic carbocycles. The summed E-state index contributed by atoms with van der Waals surface area (Å²) in [5, 5.41) is 0. The van der Waals surface area contributed by atoms with Crippen LogP contribution in [0.15, 0.2) is 42.5 Å². The number of fused-ring (bicyclic) bond motifs is 1. The van der Waals surface area contributed by atoms with Crippen molar-refractivity contribution in [2.75, 3.05) is 24.9 Å². The predicted octanol–water partition coefficient (Wildman–Crippen LogP) is 4.32. The zero-order valence-electron chi connectivity index (χ0n) is 17.6. The maximum absolute atomic E-state index is 13.4. The Hall–Kier alpha value is -3.67. The zero-order valence-corrected chi connectivity index (χ0v) is 17.6. The molecule has 3 aromatic rings. The van der Waals surface area contributed by atoms with E-state index in [1.807, 2.05) is 56.3 Å². The number of nitrogens with one attached hydrogen (secondary N) is 1. The second kappa shape index (κ2) is 7.63. The number of hydrogen-bond acceptors (Lipinski definition) is 4. The number of carbonyl (C=O) groups is 1. The molecule has 4 rings (SSSR count). The number of aromatic nitrogens is 1. The van der Waals surface area contributed by atoms with Gasteiger partial charge in [0.2, 0.25) is 0 Å². The summed E-state index contributed by atoms with van der Waals surface area (Å²) in [6.45, 7) is 4.44. The molecule has 6 heteroatoms. The Kier molecular flexibility index (Phi) is 4.99. The molecule has 0 radical (unpaired) electrons. The van der Waals surface area contributed by atoms with E-state index in [0.29, 0.717) is 29.3 Å². The van der Waals surface area contributed by atoms with E-state index in [-0.39, 0.29) is 5.91 Å². The molecule has 6 nitrogen and oxygen atoms in total. The first-order valence-electron chi connectivity index (χ1n) is 9.72. The number of aromatic amines is 1. The van der Waals surface area contributed by atoms with Gasteiger partial charge in [-0.05, 0) is 67.4 Å². The number of methoxy groups -OCH3 is 2. The number of nitrogens with two attached hydrogens (primary N) is 1. The highest BCUT2D eigenvalue weighted by Gasteiger charge is 2.33. The van der Waals surface area contributed by atoms with Gasteiger partial charge in [-0.1, -0.05) is 6.07 Å². The van der Waals surface area contributed by atoms with E-state index in [1.54, 1.807) is 19.1 Å². The van der Waals surface area contributed by atoms with Crippen molar-refractivity contribution < 1.29 is 14.3 Å². The summed E-state index contributed by atoms with van der Waals surface area (Å²) in [5.41, 5.74) is 13.0. The molecule has 1 amide bonds. The molecule has 0 aliphatic carbocycles. The molecule has 1 aliphatic heterocycles. The highest BCUT2D eigenvalue weighted by atomic mass is 16.5. The smallest absolute Gasteiger partial charge is 0.259 e. The van der Waals surface area contributed by atoms with Gasteiger partial charge < -0.3 is 25.1 Å². The quantitative estimate of drug-likeness (QED) is 0.491. The Balaban J connectivity index is 1.75. The van der Waals surface area contributed by atoms with Crippen molar-refractivity contribution in [3.8, 4) is 11.5 Å². The van der Waals surface area contributed by atoms with Gasteiger partial charge in [0.1, 0.15) is 0 Å². The minimum absolute atomic E-state index is 0.0583. The summed E-state index contributed by atoms with van der Waals surface area (Å²) in [4.78, 5) is 18.5. The summed E-state index contributed by atoms with van der Waals surface area (Å²) in [6, 6.07) is 13.3. The average molecular weight is 403 g/mol. The van der Waals surface area contributed by atoms with Gasteiger partial charge >= 0.3 is 0 Å².